The summed E-state index contributed by atoms with van der Waals surface area (Å²) in [6.45, 7) is 4.71. The number of aromatic nitrogens is 5. The highest BCUT2D eigenvalue weighted by atomic mass is 16.2. The van der Waals surface area contributed by atoms with Crippen LogP contribution in [-0.2, 0) is 11.3 Å². The maximum absolute atomic E-state index is 12.9. The first kappa shape index (κ1) is 16.6. The monoisotopic (exact) mass is 354 g/mol. The molecule has 1 aliphatic heterocycles. The van der Waals surface area contributed by atoms with E-state index >= 15 is 0 Å². The number of amides is 1. The zero-order valence-corrected chi connectivity index (χ0v) is 15.0. The van der Waals surface area contributed by atoms with Crippen LogP contribution in [0.3, 0.4) is 0 Å². The number of carbonyl (C=O) groups is 1. The van der Waals surface area contributed by atoms with E-state index in [4.69, 9.17) is 0 Å². The number of nitrogens with zero attached hydrogens (tertiary/aromatic N) is 5. The Bertz CT molecular complexity index is 1010. The summed E-state index contributed by atoms with van der Waals surface area (Å²) in [7, 11) is 0. The average molecular weight is 354 g/mol. The number of piperidine rings is 1. The Labute approximate surface area is 150 Å². The number of nitrogens with one attached hydrogen (secondary N) is 1. The fraction of sp³-hybridized carbons (Fsp3) is 0.444. The molecular weight excluding hydrogens is 332 g/mol. The molecule has 1 amide bonds. The van der Waals surface area contributed by atoms with Gasteiger partial charge in [-0.3, -0.25) is 19.4 Å². The second-order valence-corrected chi connectivity index (χ2v) is 6.97. The molecule has 3 aromatic heterocycles. The average Bonchev–Trinajstić information content (AvgIpc) is 3.19. The third-order valence-corrected chi connectivity index (χ3v) is 4.82. The van der Waals surface area contributed by atoms with Crippen LogP contribution >= 0.6 is 0 Å². The molecule has 0 unspecified atom stereocenters. The van der Waals surface area contributed by atoms with Crippen molar-refractivity contribution in [1.29, 1.82) is 0 Å². The van der Waals surface area contributed by atoms with E-state index in [2.05, 4.69) is 15.2 Å². The molecule has 1 atom stereocenters. The highest BCUT2D eigenvalue weighted by Crippen LogP contribution is 2.29. The fourth-order valence-electron chi connectivity index (χ4n) is 3.62. The smallest absolute Gasteiger partial charge is 0.272 e. The third-order valence-electron chi connectivity index (χ3n) is 4.82. The van der Waals surface area contributed by atoms with Crippen molar-refractivity contribution in [3.63, 3.8) is 0 Å². The van der Waals surface area contributed by atoms with Gasteiger partial charge in [-0.1, -0.05) is 0 Å². The summed E-state index contributed by atoms with van der Waals surface area (Å²) in [4.78, 5) is 31.7. The van der Waals surface area contributed by atoms with E-state index in [0.29, 0.717) is 17.9 Å². The van der Waals surface area contributed by atoms with Gasteiger partial charge < -0.3 is 4.90 Å². The van der Waals surface area contributed by atoms with E-state index in [1.807, 2.05) is 31.0 Å². The molecular formula is C18H22N6O2. The first-order valence-corrected chi connectivity index (χ1v) is 8.89. The SMILES string of the molecule is Cc1cnn(CC(=O)N2CCCC[C@@H]2c2cc(=O)n3[nH]c(C)cc3n2)c1. The Kier molecular flexibility index (Phi) is 4.10. The van der Waals surface area contributed by atoms with Crippen LogP contribution < -0.4 is 5.56 Å². The largest absolute Gasteiger partial charge is 0.332 e. The molecule has 0 aliphatic carbocycles. The maximum Gasteiger partial charge on any atom is 0.272 e. The van der Waals surface area contributed by atoms with Crippen molar-refractivity contribution >= 4 is 11.6 Å². The van der Waals surface area contributed by atoms with E-state index in [-0.39, 0.29) is 24.1 Å². The van der Waals surface area contributed by atoms with Gasteiger partial charge in [0.15, 0.2) is 5.65 Å². The minimum atomic E-state index is -0.166. The lowest BCUT2D eigenvalue weighted by Gasteiger charge is -2.35. The van der Waals surface area contributed by atoms with Gasteiger partial charge in [0.2, 0.25) is 5.91 Å². The van der Waals surface area contributed by atoms with Gasteiger partial charge in [0, 0.05) is 30.6 Å². The number of likely N-dealkylation sites (tertiary alicyclic amines) is 1. The van der Waals surface area contributed by atoms with E-state index in [1.165, 1.54) is 10.6 Å². The molecule has 26 heavy (non-hydrogen) atoms. The Morgan fingerprint density at radius 3 is 2.92 bits per heavy atom. The number of carbonyl (C=O) groups excluding carboxylic acids is 1. The minimum absolute atomic E-state index is 0.00467. The molecule has 0 radical (unpaired) electrons. The molecule has 1 N–H and O–H groups in total. The van der Waals surface area contributed by atoms with Crippen LogP contribution in [0.1, 0.15) is 42.3 Å². The first-order valence-electron chi connectivity index (χ1n) is 8.89. The van der Waals surface area contributed by atoms with E-state index in [9.17, 15) is 9.59 Å². The fourth-order valence-corrected chi connectivity index (χ4v) is 3.62. The van der Waals surface area contributed by atoms with Crippen LogP contribution in [0.5, 0.6) is 0 Å². The molecule has 0 aromatic carbocycles. The summed E-state index contributed by atoms with van der Waals surface area (Å²) in [6, 6.07) is 3.21. The van der Waals surface area contributed by atoms with Gasteiger partial charge in [-0.05, 0) is 38.7 Å². The molecule has 1 saturated heterocycles. The van der Waals surface area contributed by atoms with Gasteiger partial charge >= 0.3 is 0 Å². The zero-order chi connectivity index (χ0) is 18.3. The van der Waals surface area contributed by atoms with Crippen LogP contribution in [0.2, 0.25) is 0 Å². The molecule has 4 heterocycles. The van der Waals surface area contributed by atoms with Gasteiger partial charge in [0.1, 0.15) is 6.54 Å². The van der Waals surface area contributed by atoms with Gasteiger partial charge in [0.25, 0.3) is 5.56 Å². The van der Waals surface area contributed by atoms with Crippen molar-refractivity contribution in [1.82, 2.24) is 29.3 Å². The first-order chi connectivity index (χ1) is 12.5. The highest BCUT2D eigenvalue weighted by Gasteiger charge is 2.29. The van der Waals surface area contributed by atoms with Gasteiger partial charge in [-0.15, -0.1) is 0 Å². The lowest BCUT2D eigenvalue weighted by atomic mass is 9.99. The van der Waals surface area contributed by atoms with Crippen LogP contribution in [0.15, 0.2) is 29.3 Å². The van der Waals surface area contributed by atoms with E-state index in [1.54, 1.807) is 10.9 Å². The second kappa shape index (κ2) is 6.44. The Hall–Kier alpha value is -2.90. The predicted octanol–water partition coefficient (Wildman–Crippen LogP) is 1.59. The van der Waals surface area contributed by atoms with Crippen molar-refractivity contribution in [3.05, 3.63) is 51.8 Å². The summed E-state index contributed by atoms with van der Waals surface area (Å²) >= 11 is 0. The molecule has 136 valence electrons. The molecule has 0 saturated carbocycles. The van der Waals surface area contributed by atoms with Crippen molar-refractivity contribution in [2.24, 2.45) is 0 Å². The number of fused-ring (bicyclic) bond motifs is 1. The Balaban J connectivity index is 1.64. The quantitative estimate of drug-likeness (QED) is 0.774. The molecule has 1 fully saturated rings. The van der Waals surface area contributed by atoms with Crippen molar-refractivity contribution in [2.75, 3.05) is 6.54 Å². The summed E-state index contributed by atoms with van der Waals surface area (Å²) < 4.78 is 3.09. The molecule has 8 heteroatoms. The molecule has 3 aromatic rings. The van der Waals surface area contributed by atoms with Crippen LogP contribution in [0.4, 0.5) is 0 Å². The van der Waals surface area contributed by atoms with Gasteiger partial charge in [0.05, 0.1) is 17.9 Å². The summed E-state index contributed by atoms with van der Waals surface area (Å²) in [6.07, 6.45) is 6.39. The highest BCUT2D eigenvalue weighted by molar-refractivity contribution is 5.76. The molecule has 1 aliphatic rings. The van der Waals surface area contributed by atoms with Crippen LogP contribution in [0, 0.1) is 13.8 Å². The van der Waals surface area contributed by atoms with Gasteiger partial charge in [-0.2, -0.15) is 5.10 Å². The lowest BCUT2D eigenvalue weighted by molar-refractivity contribution is -0.136. The van der Waals surface area contributed by atoms with Crippen LogP contribution in [-0.4, -0.2) is 41.7 Å². The summed E-state index contributed by atoms with van der Waals surface area (Å²) in [5.74, 6) is 0.00467. The van der Waals surface area contributed by atoms with E-state index < -0.39 is 0 Å². The number of aromatic amines is 1. The Morgan fingerprint density at radius 2 is 2.15 bits per heavy atom. The predicted molar refractivity (Wildman–Crippen MR) is 95.8 cm³/mol. The second-order valence-electron chi connectivity index (χ2n) is 6.97. The Morgan fingerprint density at radius 1 is 1.31 bits per heavy atom. The van der Waals surface area contributed by atoms with Crippen molar-refractivity contribution < 1.29 is 4.79 Å². The molecule has 0 bridgehead atoms. The number of hydrogen-bond donors (Lipinski definition) is 1. The molecule has 8 nitrogen and oxygen atoms in total. The summed E-state index contributed by atoms with van der Waals surface area (Å²) in [5.41, 5.74) is 3.00. The van der Waals surface area contributed by atoms with E-state index in [0.717, 1.165) is 30.5 Å². The van der Waals surface area contributed by atoms with Gasteiger partial charge in [-0.25, -0.2) is 9.50 Å². The molecule has 0 spiro atoms. The minimum Gasteiger partial charge on any atom is -0.332 e. The normalized spacial score (nSPS) is 17.8. The topological polar surface area (TPSA) is 88.3 Å². The van der Waals surface area contributed by atoms with Crippen molar-refractivity contribution in [2.45, 2.75) is 45.7 Å². The number of H-pyrrole nitrogens is 1. The lowest BCUT2D eigenvalue weighted by Crippen LogP contribution is -2.41. The summed E-state index contributed by atoms with van der Waals surface area (Å²) in [5, 5.41) is 7.18. The standard InChI is InChI=1S/C18H22N6O2/c1-12-9-19-22(10-12)11-18(26)23-6-4-3-5-15(23)14-8-17(25)24-16(20-14)7-13(2)21-24/h7-10,15,21H,3-6,11H2,1-2H3/t15-/m1/s1. The molecule has 4 rings (SSSR count). The van der Waals surface area contributed by atoms with Crippen LogP contribution in [0.25, 0.3) is 5.65 Å². The number of rotatable bonds is 3. The maximum atomic E-state index is 12.9. The zero-order valence-electron chi connectivity index (χ0n) is 15.0. The van der Waals surface area contributed by atoms with Crippen molar-refractivity contribution in [3.8, 4) is 0 Å². The number of hydrogen-bond acceptors (Lipinski definition) is 4. The third kappa shape index (κ3) is 3.02. The number of aryl methyl sites for hydroxylation is 2.